The van der Waals surface area contributed by atoms with Gasteiger partial charge in [0.05, 0.1) is 24.7 Å². The molecule has 0 heterocycles. The van der Waals surface area contributed by atoms with Crippen LogP contribution >= 0.6 is 11.6 Å². The zero-order valence-electron chi connectivity index (χ0n) is 15.4. The number of hydrogen-bond donors (Lipinski definition) is 0. The molecule has 0 amide bonds. The van der Waals surface area contributed by atoms with Crippen LogP contribution in [0.4, 0.5) is 18.9 Å². The number of methoxy groups -OCH3 is 1. The molecule has 0 radical (unpaired) electrons. The Balaban J connectivity index is 2.38. The molecular weight excluding hydrogens is 381 g/mol. The molecule has 0 aliphatic carbocycles. The van der Waals surface area contributed by atoms with Crippen molar-refractivity contribution in [3.05, 3.63) is 46.5 Å². The van der Waals surface area contributed by atoms with E-state index in [1.165, 1.54) is 13.2 Å². The number of rotatable bonds is 6. The molecule has 2 aromatic rings. The van der Waals surface area contributed by atoms with Crippen LogP contribution in [0.25, 0.3) is 0 Å². The van der Waals surface area contributed by atoms with Gasteiger partial charge in [0.25, 0.3) is 0 Å². The molecule has 0 saturated carbocycles. The summed E-state index contributed by atoms with van der Waals surface area (Å²) >= 11 is 5.80. The van der Waals surface area contributed by atoms with E-state index in [-0.39, 0.29) is 16.5 Å². The average Bonchev–Trinajstić information content (AvgIpc) is 2.59. The highest BCUT2D eigenvalue weighted by Crippen LogP contribution is 2.40. The third kappa shape index (κ3) is 5.53. The minimum atomic E-state index is -4.52. The van der Waals surface area contributed by atoms with E-state index in [9.17, 15) is 13.2 Å². The van der Waals surface area contributed by atoms with E-state index in [0.717, 1.165) is 24.2 Å². The molecule has 0 aliphatic heterocycles. The molecule has 0 N–H and O–H groups in total. The first-order chi connectivity index (χ1) is 12.6. The second-order valence-electron chi connectivity index (χ2n) is 5.88. The highest BCUT2D eigenvalue weighted by atomic mass is 35.5. The quantitative estimate of drug-likeness (QED) is 0.435. The molecule has 0 unspecified atom stereocenters. The van der Waals surface area contributed by atoms with Crippen molar-refractivity contribution in [1.29, 1.82) is 0 Å². The topological polar surface area (TPSA) is 34.1 Å². The lowest BCUT2D eigenvalue weighted by molar-refractivity contribution is -0.137. The van der Waals surface area contributed by atoms with Crippen LogP contribution in [-0.2, 0) is 6.18 Å². The number of halogens is 4. The van der Waals surface area contributed by atoms with Crippen molar-refractivity contribution in [3.8, 4) is 17.2 Å². The van der Waals surface area contributed by atoms with Gasteiger partial charge in [0.1, 0.15) is 5.75 Å². The summed E-state index contributed by atoms with van der Waals surface area (Å²) in [5.74, 6) is 0.586. The Hall–Kier alpha value is -2.41. The standard InChI is InChI=1S/C19H20ClF3N2O2/c1-5-25(3)11-24-16-10-17(26-4)18(6-12(16)2)27-15-8-13(19(21,22)23)7-14(20)9-15/h6-11H,5H2,1-4H3. The van der Waals surface area contributed by atoms with E-state index < -0.39 is 11.7 Å². The molecule has 0 fully saturated rings. The fourth-order valence-corrected chi connectivity index (χ4v) is 2.41. The van der Waals surface area contributed by atoms with Gasteiger partial charge in [-0.3, -0.25) is 0 Å². The van der Waals surface area contributed by atoms with Gasteiger partial charge in [-0.05, 0) is 43.7 Å². The highest BCUT2D eigenvalue weighted by Gasteiger charge is 2.31. The van der Waals surface area contributed by atoms with E-state index in [1.807, 2.05) is 25.8 Å². The maximum absolute atomic E-state index is 13.0. The Morgan fingerprint density at radius 2 is 1.85 bits per heavy atom. The van der Waals surface area contributed by atoms with Crippen molar-refractivity contribution >= 4 is 23.6 Å². The third-order valence-corrected chi connectivity index (χ3v) is 4.02. The molecule has 0 aliphatic rings. The first-order valence-electron chi connectivity index (χ1n) is 8.12. The fourth-order valence-electron chi connectivity index (χ4n) is 2.18. The van der Waals surface area contributed by atoms with Gasteiger partial charge in [-0.1, -0.05) is 11.6 Å². The summed E-state index contributed by atoms with van der Waals surface area (Å²) in [6, 6.07) is 6.38. The van der Waals surface area contributed by atoms with Crippen LogP contribution in [0.3, 0.4) is 0 Å². The first-order valence-corrected chi connectivity index (χ1v) is 8.50. The van der Waals surface area contributed by atoms with E-state index in [4.69, 9.17) is 21.1 Å². The number of alkyl halides is 3. The molecule has 27 heavy (non-hydrogen) atoms. The average molecular weight is 401 g/mol. The zero-order valence-corrected chi connectivity index (χ0v) is 16.1. The molecule has 0 saturated heterocycles. The lowest BCUT2D eigenvalue weighted by atomic mass is 10.1. The number of nitrogens with zero attached hydrogens (tertiary/aromatic N) is 2. The molecule has 0 spiro atoms. The van der Waals surface area contributed by atoms with Crippen molar-refractivity contribution in [3.63, 3.8) is 0 Å². The van der Waals surface area contributed by atoms with Gasteiger partial charge in [0.2, 0.25) is 0 Å². The van der Waals surface area contributed by atoms with Crippen LogP contribution in [0.15, 0.2) is 35.3 Å². The van der Waals surface area contributed by atoms with Gasteiger partial charge in [-0.15, -0.1) is 0 Å². The van der Waals surface area contributed by atoms with Crippen molar-refractivity contribution in [2.75, 3.05) is 20.7 Å². The molecule has 4 nitrogen and oxygen atoms in total. The van der Waals surface area contributed by atoms with Crippen LogP contribution < -0.4 is 9.47 Å². The number of aryl methyl sites for hydroxylation is 1. The summed E-state index contributed by atoms with van der Waals surface area (Å²) < 4.78 is 49.8. The van der Waals surface area contributed by atoms with E-state index in [2.05, 4.69) is 4.99 Å². The minimum Gasteiger partial charge on any atom is -0.493 e. The van der Waals surface area contributed by atoms with E-state index >= 15 is 0 Å². The van der Waals surface area contributed by atoms with Crippen LogP contribution in [0.2, 0.25) is 5.02 Å². The highest BCUT2D eigenvalue weighted by molar-refractivity contribution is 6.30. The van der Waals surface area contributed by atoms with Crippen molar-refractivity contribution in [1.82, 2.24) is 4.90 Å². The van der Waals surface area contributed by atoms with Gasteiger partial charge >= 0.3 is 6.18 Å². The van der Waals surface area contributed by atoms with Gasteiger partial charge in [0, 0.05) is 24.7 Å². The summed E-state index contributed by atoms with van der Waals surface area (Å²) in [5, 5.41) is -0.0701. The lowest BCUT2D eigenvalue weighted by Gasteiger charge is -2.15. The Morgan fingerprint density at radius 1 is 1.15 bits per heavy atom. The predicted octanol–water partition coefficient (Wildman–Crippen LogP) is 6.08. The SMILES string of the molecule is CCN(C)C=Nc1cc(OC)c(Oc2cc(Cl)cc(C(F)(F)F)c2)cc1C. The first kappa shape index (κ1) is 20.9. The summed E-state index contributed by atoms with van der Waals surface area (Å²) in [4.78, 5) is 6.29. The van der Waals surface area contributed by atoms with Gasteiger partial charge in [-0.2, -0.15) is 13.2 Å². The molecule has 2 rings (SSSR count). The third-order valence-electron chi connectivity index (χ3n) is 3.80. The van der Waals surface area contributed by atoms with Crippen molar-refractivity contribution in [2.24, 2.45) is 4.99 Å². The Kier molecular flexibility index (Phi) is 6.59. The Morgan fingerprint density at radius 3 is 2.44 bits per heavy atom. The fraction of sp³-hybridized carbons (Fsp3) is 0.316. The van der Waals surface area contributed by atoms with Crippen LogP contribution in [-0.4, -0.2) is 31.9 Å². The molecule has 2 aromatic carbocycles. The molecule has 0 aromatic heterocycles. The molecule has 0 bridgehead atoms. The zero-order chi connectivity index (χ0) is 20.2. The molecule has 0 atom stereocenters. The van der Waals surface area contributed by atoms with E-state index in [0.29, 0.717) is 11.4 Å². The maximum Gasteiger partial charge on any atom is 0.416 e. The van der Waals surface area contributed by atoms with Gasteiger partial charge in [-0.25, -0.2) is 4.99 Å². The van der Waals surface area contributed by atoms with Gasteiger partial charge in [0.15, 0.2) is 11.5 Å². The molecular formula is C19H20ClF3N2O2. The predicted molar refractivity (Wildman–Crippen MR) is 101 cm³/mol. The summed E-state index contributed by atoms with van der Waals surface area (Å²) in [5.41, 5.74) is 0.565. The summed E-state index contributed by atoms with van der Waals surface area (Å²) in [6.07, 6.45) is -2.83. The molecule has 8 heteroatoms. The molecule has 146 valence electrons. The van der Waals surface area contributed by atoms with Crippen LogP contribution in [0.1, 0.15) is 18.1 Å². The maximum atomic E-state index is 13.0. The van der Waals surface area contributed by atoms with Crippen molar-refractivity contribution < 1.29 is 22.6 Å². The normalized spacial score (nSPS) is 11.7. The number of hydrogen-bond acceptors (Lipinski definition) is 3. The van der Waals surface area contributed by atoms with E-state index in [1.54, 1.807) is 18.5 Å². The smallest absolute Gasteiger partial charge is 0.416 e. The Bertz CT molecular complexity index is 838. The summed E-state index contributed by atoms with van der Waals surface area (Å²) in [6.45, 7) is 4.62. The number of ether oxygens (including phenoxy) is 2. The summed E-state index contributed by atoms with van der Waals surface area (Å²) in [7, 11) is 3.34. The largest absolute Gasteiger partial charge is 0.493 e. The number of benzene rings is 2. The van der Waals surface area contributed by atoms with Crippen LogP contribution in [0.5, 0.6) is 17.2 Å². The van der Waals surface area contributed by atoms with Crippen LogP contribution in [0, 0.1) is 6.92 Å². The minimum absolute atomic E-state index is 0.0329. The second kappa shape index (κ2) is 8.52. The number of aliphatic imine (C=N–C) groups is 1. The Labute approximate surface area is 161 Å². The second-order valence-corrected chi connectivity index (χ2v) is 6.32. The van der Waals surface area contributed by atoms with Crippen molar-refractivity contribution in [2.45, 2.75) is 20.0 Å². The van der Waals surface area contributed by atoms with Gasteiger partial charge < -0.3 is 14.4 Å². The monoisotopic (exact) mass is 400 g/mol. The lowest BCUT2D eigenvalue weighted by Crippen LogP contribution is -2.14.